The number of carbonyl (C=O) groups is 1. The van der Waals surface area contributed by atoms with Gasteiger partial charge in [0.2, 0.25) is 5.76 Å². The van der Waals surface area contributed by atoms with Crippen molar-refractivity contribution in [3.8, 4) is 0 Å². The molecule has 5 nitrogen and oxygen atoms in total. The molecule has 0 bridgehead atoms. The molecular formula is C11H15NO4. The van der Waals surface area contributed by atoms with Crippen LogP contribution in [0.5, 0.6) is 0 Å². The van der Waals surface area contributed by atoms with Crippen LogP contribution in [0.1, 0.15) is 23.0 Å². The Kier molecular flexibility index (Phi) is 3.26. The maximum atomic E-state index is 10.9. The number of furan rings is 1. The number of aromatic carboxylic acids is 1. The Morgan fingerprint density at radius 1 is 1.69 bits per heavy atom. The first kappa shape index (κ1) is 11.2. The molecule has 1 unspecified atom stereocenters. The molecule has 0 saturated carbocycles. The lowest BCUT2D eigenvalue weighted by Gasteiger charge is -2.30. The number of morpholine rings is 1. The molecule has 2 rings (SSSR count). The van der Waals surface area contributed by atoms with E-state index < -0.39 is 5.97 Å². The maximum Gasteiger partial charge on any atom is 0.372 e. The van der Waals surface area contributed by atoms with Gasteiger partial charge in [0.15, 0.2) is 0 Å². The monoisotopic (exact) mass is 225 g/mol. The summed E-state index contributed by atoms with van der Waals surface area (Å²) in [6.45, 7) is 4.96. The lowest BCUT2D eigenvalue weighted by Crippen LogP contribution is -2.40. The molecule has 0 aromatic carbocycles. The van der Waals surface area contributed by atoms with Gasteiger partial charge in [-0.2, -0.15) is 0 Å². The van der Waals surface area contributed by atoms with Gasteiger partial charge in [-0.3, -0.25) is 4.90 Å². The molecule has 16 heavy (non-hydrogen) atoms. The molecule has 88 valence electrons. The number of nitrogens with zero attached hydrogens (tertiary/aromatic N) is 1. The van der Waals surface area contributed by atoms with Gasteiger partial charge in [0.1, 0.15) is 0 Å². The first-order valence-electron chi connectivity index (χ1n) is 5.30. The second-order valence-corrected chi connectivity index (χ2v) is 4.00. The van der Waals surface area contributed by atoms with Gasteiger partial charge in [-0.25, -0.2) is 4.79 Å². The topological polar surface area (TPSA) is 62.9 Å². The molecule has 5 heteroatoms. The van der Waals surface area contributed by atoms with Crippen LogP contribution in [0.2, 0.25) is 0 Å². The number of hydrogen-bond donors (Lipinski definition) is 1. The second-order valence-electron chi connectivity index (χ2n) is 4.00. The van der Waals surface area contributed by atoms with E-state index in [2.05, 4.69) is 4.90 Å². The normalized spacial score (nSPS) is 22.2. The zero-order chi connectivity index (χ0) is 11.5. The highest BCUT2D eigenvalue weighted by atomic mass is 16.5. The fourth-order valence-electron chi connectivity index (χ4n) is 1.92. The molecule has 0 radical (unpaired) electrons. The van der Waals surface area contributed by atoms with Crippen LogP contribution < -0.4 is 0 Å². The summed E-state index contributed by atoms with van der Waals surface area (Å²) in [4.78, 5) is 13.0. The SMILES string of the molecule is CC1CN(Cc2ccoc2C(=O)O)CCO1. The van der Waals surface area contributed by atoms with Gasteiger partial charge in [0.25, 0.3) is 0 Å². The van der Waals surface area contributed by atoms with E-state index in [0.717, 1.165) is 18.7 Å². The Morgan fingerprint density at radius 3 is 3.19 bits per heavy atom. The molecule has 0 spiro atoms. The minimum absolute atomic E-state index is 0.0409. The molecule has 1 aromatic rings. The predicted molar refractivity (Wildman–Crippen MR) is 56.4 cm³/mol. The minimum Gasteiger partial charge on any atom is -0.475 e. The van der Waals surface area contributed by atoms with E-state index in [1.807, 2.05) is 6.92 Å². The number of hydrogen-bond acceptors (Lipinski definition) is 4. The van der Waals surface area contributed by atoms with Gasteiger partial charge in [0.05, 0.1) is 19.0 Å². The van der Waals surface area contributed by atoms with Crippen LogP contribution >= 0.6 is 0 Å². The Hall–Kier alpha value is -1.33. The fourth-order valence-corrected chi connectivity index (χ4v) is 1.92. The third kappa shape index (κ3) is 2.43. The largest absolute Gasteiger partial charge is 0.475 e. The van der Waals surface area contributed by atoms with E-state index in [1.165, 1.54) is 6.26 Å². The van der Waals surface area contributed by atoms with Gasteiger partial charge in [0, 0.05) is 25.2 Å². The predicted octanol–water partition coefficient (Wildman–Crippen LogP) is 1.20. The van der Waals surface area contributed by atoms with Crippen molar-refractivity contribution in [1.82, 2.24) is 4.90 Å². The van der Waals surface area contributed by atoms with E-state index in [0.29, 0.717) is 13.2 Å². The van der Waals surface area contributed by atoms with Crippen LogP contribution in [-0.4, -0.2) is 41.8 Å². The first-order chi connectivity index (χ1) is 7.66. The van der Waals surface area contributed by atoms with Gasteiger partial charge in [-0.1, -0.05) is 0 Å². The van der Waals surface area contributed by atoms with Gasteiger partial charge in [-0.05, 0) is 13.0 Å². The minimum atomic E-state index is -1.01. The zero-order valence-electron chi connectivity index (χ0n) is 9.18. The van der Waals surface area contributed by atoms with Crippen molar-refractivity contribution in [3.05, 3.63) is 23.7 Å². The quantitative estimate of drug-likeness (QED) is 0.837. The van der Waals surface area contributed by atoms with Crippen molar-refractivity contribution in [2.75, 3.05) is 19.7 Å². The summed E-state index contributed by atoms with van der Waals surface area (Å²) < 4.78 is 10.4. The Labute approximate surface area is 93.6 Å². The van der Waals surface area contributed by atoms with Crippen molar-refractivity contribution in [3.63, 3.8) is 0 Å². The highest BCUT2D eigenvalue weighted by Gasteiger charge is 2.20. The maximum absolute atomic E-state index is 10.9. The summed E-state index contributed by atoms with van der Waals surface area (Å²) in [6, 6.07) is 1.71. The molecule has 0 aliphatic carbocycles. The number of carboxylic acid groups (broad SMARTS) is 1. The van der Waals surface area contributed by atoms with Crippen molar-refractivity contribution in [2.45, 2.75) is 19.6 Å². The molecule has 1 saturated heterocycles. The van der Waals surface area contributed by atoms with Gasteiger partial charge < -0.3 is 14.3 Å². The van der Waals surface area contributed by atoms with Crippen LogP contribution in [0.15, 0.2) is 16.7 Å². The van der Waals surface area contributed by atoms with E-state index >= 15 is 0 Å². The smallest absolute Gasteiger partial charge is 0.372 e. The van der Waals surface area contributed by atoms with Gasteiger partial charge in [-0.15, -0.1) is 0 Å². The summed E-state index contributed by atoms with van der Waals surface area (Å²) >= 11 is 0. The van der Waals surface area contributed by atoms with E-state index in [1.54, 1.807) is 6.07 Å². The molecule has 1 atom stereocenters. The van der Waals surface area contributed by atoms with Crippen LogP contribution in [-0.2, 0) is 11.3 Å². The zero-order valence-corrected chi connectivity index (χ0v) is 9.18. The molecule has 1 aliphatic heterocycles. The van der Waals surface area contributed by atoms with Crippen LogP contribution in [0.3, 0.4) is 0 Å². The standard InChI is InChI=1S/C11H15NO4/c1-8-6-12(3-5-15-8)7-9-2-4-16-10(9)11(13)14/h2,4,8H,3,5-7H2,1H3,(H,13,14). The molecule has 1 N–H and O–H groups in total. The van der Waals surface area contributed by atoms with E-state index in [-0.39, 0.29) is 11.9 Å². The summed E-state index contributed by atoms with van der Waals surface area (Å²) in [5, 5.41) is 8.90. The van der Waals surface area contributed by atoms with Crippen LogP contribution in [0.25, 0.3) is 0 Å². The van der Waals surface area contributed by atoms with Crippen molar-refractivity contribution >= 4 is 5.97 Å². The fraction of sp³-hybridized carbons (Fsp3) is 0.545. The highest BCUT2D eigenvalue weighted by molar-refractivity contribution is 5.86. The number of rotatable bonds is 3. The molecule has 1 aromatic heterocycles. The average molecular weight is 225 g/mol. The molecule has 2 heterocycles. The Bertz CT molecular complexity index is 374. The lowest BCUT2D eigenvalue weighted by molar-refractivity contribution is -0.0213. The summed E-state index contributed by atoms with van der Waals surface area (Å²) in [5.74, 6) is -0.972. The number of carboxylic acids is 1. The summed E-state index contributed by atoms with van der Waals surface area (Å²) in [7, 11) is 0. The van der Waals surface area contributed by atoms with Crippen molar-refractivity contribution in [1.29, 1.82) is 0 Å². The Balaban J connectivity index is 2.02. The van der Waals surface area contributed by atoms with Crippen molar-refractivity contribution < 1.29 is 19.1 Å². The average Bonchev–Trinajstić information content (AvgIpc) is 2.66. The summed E-state index contributed by atoms with van der Waals surface area (Å²) in [5.41, 5.74) is 0.724. The van der Waals surface area contributed by atoms with Crippen LogP contribution in [0, 0.1) is 0 Å². The van der Waals surface area contributed by atoms with E-state index in [4.69, 9.17) is 14.3 Å². The second kappa shape index (κ2) is 4.67. The third-order valence-corrected chi connectivity index (χ3v) is 2.66. The van der Waals surface area contributed by atoms with Crippen molar-refractivity contribution in [2.24, 2.45) is 0 Å². The molecule has 1 fully saturated rings. The molecule has 1 aliphatic rings. The Morgan fingerprint density at radius 2 is 2.50 bits per heavy atom. The lowest BCUT2D eigenvalue weighted by atomic mass is 10.2. The van der Waals surface area contributed by atoms with Crippen LogP contribution in [0.4, 0.5) is 0 Å². The molecular weight excluding hydrogens is 210 g/mol. The first-order valence-corrected chi connectivity index (χ1v) is 5.30. The van der Waals surface area contributed by atoms with E-state index in [9.17, 15) is 4.79 Å². The number of ether oxygens (including phenoxy) is 1. The molecule has 0 amide bonds. The van der Waals surface area contributed by atoms with Gasteiger partial charge >= 0.3 is 5.97 Å². The summed E-state index contributed by atoms with van der Waals surface area (Å²) in [6.07, 6.45) is 1.62. The highest BCUT2D eigenvalue weighted by Crippen LogP contribution is 2.15. The third-order valence-electron chi connectivity index (χ3n) is 2.66.